The number of rotatable bonds is 8. The number of nitrogens with two attached hydrogens (primary N) is 1. The molecule has 4 aromatic carbocycles. The van der Waals surface area contributed by atoms with Gasteiger partial charge in [0.05, 0.1) is 22.8 Å². The average Bonchev–Trinajstić information content (AvgIpc) is 2.89. The van der Waals surface area contributed by atoms with Crippen molar-refractivity contribution in [2.45, 2.75) is 6.92 Å². The van der Waals surface area contributed by atoms with Crippen LogP contribution < -0.4 is 15.8 Å². The van der Waals surface area contributed by atoms with Gasteiger partial charge in [0.1, 0.15) is 11.4 Å². The lowest BCUT2D eigenvalue weighted by atomic mass is 10.0. The van der Waals surface area contributed by atoms with Crippen molar-refractivity contribution < 1.29 is 24.4 Å². The van der Waals surface area contributed by atoms with Crippen molar-refractivity contribution in [1.29, 1.82) is 0 Å². The normalized spacial score (nSPS) is 10.9. The Hall–Kier alpha value is -5.32. The van der Waals surface area contributed by atoms with Crippen LogP contribution in [0.2, 0.25) is 0 Å². The smallest absolute Gasteiger partial charge is 0.297 e. The van der Waals surface area contributed by atoms with Gasteiger partial charge in [-0.3, -0.25) is 19.7 Å². The third-order valence-electron chi connectivity index (χ3n) is 5.39. The van der Waals surface area contributed by atoms with E-state index in [0.717, 1.165) is 6.07 Å². The summed E-state index contributed by atoms with van der Waals surface area (Å²) in [5.41, 5.74) is 4.75. The molecule has 37 heavy (non-hydrogen) atoms. The zero-order chi connectivity index (χ0) is 26.5. The predicted molar refractivity (Wildman–Crippen MR) is 137 cm³/mol. The molecule has 0 radical (unpaired) electrons. The number of benzene rings is 4. The second-order valence-electron chi connectivity index (χ2n) is 7.75. The highest BCUT2D eigenvalue weighted by molar-refractivity contribution is 6.12. The van der Waals surface area contributed by atoms with Gasteiger partial charge in [0.2, 0.25) is 5.91 Å². The molecular formula is C26H21N5O6. The van der Waals surface area contributed by atoms with E-state index >= 15 is 0 Å². The molecule has 0 saturated carbocycles. The summed E-state index contributed by atoms with van der Waals surface area (Å²) >= 11 is 0. The fraction of sp³-hybridized carbons (Fsp3) is 0.0769. The number of nitro groups is 1. The van der Waals surface area contributed by atoms with Gasteiger partial charge in [-0.15, -0.1) is 10.2 Å². The number of nitrogens with one attached hydrogen (secondary N) is 1. The minimum Gasteiger partial charge on any atom is -0.505 e. The molecule has 0 aliphatic heterocycles. The standard InChI is InChI=1S/C26H21N5O6/c1-2-37-22-10-6-5-9-20(22)28-26(34)18-13-15-7-3-4-8-17(15)23(24(18)32)30-29-19-12-11-16(25(27)33)14-21(19)31(35)36/h3-14,32H,2H2,1H3,(H2,27,33)(H,28,34). The summed E-state index contributed by atoms with van der Waals surface area (Å²) in [6.45, 7) is 2.21. The Morgan fingerprint density at radius 1 is 1.05 bits per heavy atom. The van der Waals surface area contributed by atoms with Crippen LogP contribution in [0.1, 0.15) is 27.6 Å². The van der Waals surface area contributed by atoms with E-state index in [1.807, 2.05) is 6.92 Å². The number of anilines is 1. The van der Waals surface area contributed by atoms with Crippen LogP contribution in [-0.4, -0.2) is 28.5 Å². The Morgan fingerprint density at radius 2 is 1.78 bits per heavy atom. The Morgan fingerprint density at radius 3 is 2.51 bits per heavy atom. The van der Waals surface area contributed by atoms with Crippen LogP contribution in [0.3, 0.4) is 0 Å². The molecule has 0 unspecified atom stereocenters. The van der Waals surface area contributed by atoms with E-state index in [1.54, 1.807) is 48.5 Å². The highest BCUT2D eigenvalue weighted by Gasteiger charge is 2.21. The van der Waals surface area contributed by atoms with Crippen LogP contribution in [0.15, 0.2) is 83.0 Å². The second-order valence-corrected chi connectivity index (χ2v) is 7.75. The molecule has 0 aliphatic rings. The zero-order valence-corrected chi connectivity index (χ0v) is 19.5. The first-order valence-corrected chi connectivity index (χ1v) is 11.1. The van der Waals surface area contributed by atoms with E-state index in [9.17, 15) is 24.8 Å². The maximum atomic E-state index is 13.2. The molecule has 0 aromatic heterocycles. The maximum absolute atomic E-state index is 13.2. The van der Waals surface area contributed by atoms with Gasteiger partial charge in [-0.05, 0) is 42.6 Å². The number of phenolic OH excluding ortho intramolecular Hbond substituents is 1. The van der Waals surface area contributed by atoms with E-state index in [4.69, 9.17) is 10.5 Å². The first-order valence-electron chi connectivity index (χ1n) is 11.1. The van der Waals surface area contributed by atoms with E-state index in [1.165, 1.54) is 18.2 Å². The molecule has 0 saturated heterocycles. The Bertz CT molecular complexity index is 1570. The summed E-state index contributed by atoms with van der Waals surface area (Å²) in [7, 11) is 0. The molecule has 0 fully saturated rings. The van der Waals surface area contributed by atoms with Crippen molar-refractivity contribution in [2.75, 3.05) is 11.9 Å². The highest BCUT2D eigenvalue weighted by Crippen LogP contribution is 2.41. The van der Waals surface area contributed by atoms with Crippen molar-refractivity contribution in [3.63, 3.8) is 0 Å². The van der Waals surface area contributed by atoms with Gasteiger partial charge < -0.3 is 20.9 Å². The predicted octanol–water partition coefficient (Wildman–Crippen LogP) is 5.62. The SMILES string of the molecule is CCOc1ccccc1NC(=O)c1cc2ccccc2c(N=Nc2ccc(C(N)=O)cc2[N+](=O)[O-])c1O. The minimum atomic E-state index is -0.833. The molecule has 11 heteroatoms. The number of hydrogen-bond acceptors (Lipinski definition) is 8. The molecule has 2 amide bonds. The number of nitrogens with zero attached hydrogens (tertiary/aromatic N) is 3. The quantitative estimate of drug-likeness (QED) is 0.161. The number of phenols is 1. The van der Waals surface area contributed by atoms with Crippen LogP contribution in [-0.2, 0) is 0 Å². The van der Waals surface area contributed by atoms with Gasteiger partial charge in [-0.1, -0.05) is 36.4 Å². The molecule has 4 aromatic rings. The maximum Gasteiger partial charge on any atom is 0.297 e. The van der Waals surface area contributed by atoms with E-state index in [2.05, 4.69) is 15.5 Å². The lowest BCUT2D eigenvalue weighted by Crippen LogP contribution is -2.13. The number of primary amides is 1. The first kappa shape index (κ1) is 24.8. The number of carbonyl (C=O) groups is 2. The Kier molecular flexibility index (Phi) is 7.05. The van der Waals surface area contributed by atoms with E-state index in [-0.39, 0.29) is 22.5 Å². The Labute approximate surface area is 210 Å². The fourth-order valence-corrected chi connectivity index (χ4v) is 3.64. The number of hydrogen-bond donors (Lipinski definition) is 3. The molecule has 4 N–H and O–H groups in total. The minimum absolute atomic E-state index is 0.0605. The summed E-state index contributed by atoms with van der Waals surface area (Å²) in [4.78, 5) is 35.4. The van der Waals surface area contributed by atoms with Crippen molar-refractivity contribution >= 4 is 45.3 Å². The number of aromatic hydroxyl groups is 1. The van der Waals surface area contributed by atoms with Gasteiger partial charge in [0.25, 0.3) is 11.6 Å². The molecule has 0 spiro atoms. The van der Waals surface area contributed by atoms with Gasteiger partial charge in [0.15, 0.2) is 11.4 Å². The van der Waals surface area contributed by atoms with E-state index < -0.39 is 28.2 Å². The van der Waals surface area contributed by atoms with Crippen molar-refractivity contribution in [3.05, 3.63) is 94.0 Å². The van der Waals surface area contributed by atoms with Crippen LogP contribution in [0, 0.1) is 10.1 Å². The second kappa shape index (κ2) is 10.5. The first-order chi connectivity index (χ1) is 17.8. The van der Waals surface area contributed by atoms with Crippen LogP contribution in [0.5, 0.6) is 11.5 Å². The number of carbonyl (C=O) groups excluding carboxylic acids is 2. The Balaban J connectivity index is 1.79. The van der Waals surface area contributed by atoms with Gasteiger partial charge >= 0.3 is 0 Å². The largest absolute Gasteiger partial charge is 0.505 e. The molecule has 0 atom stereocenters. The molecule has 186 valence electrons. The summed E-state index contributed by atoms with van der Waals surface area (Å²) in [5.74, 6) is -1.46. The average molecular weight is 499 g/mol. The zero-order valence-electron chi connectivity index (χ0n) is 19.5. The topological polar surface area (TPSA) is 170 Å². The van der Waals surface area contributed by atoms with Crippen LogP contribution >= 0.6 is 0 Å². The number of para-hydroxylation sites is 2. The van der Waals surface area contributed by atoms with Crippen LogP contribution in [0.4, 0.5) is 22.7 Å². The summed E-state index contributed by atoms with van der Waals surface area (Å²) in [6, 6.07) is 18.7. The summed E-state index contributed by atoms with van der Waals surface area (Å²) < 4.78 is 5.54. The molecule has 0 heterocycles. The molecule has 0 bridgehead atoms. The number of amides is 2. The van der Waals surface area contributed by atoms with Gasteiger partial charge in [-0.2, -0.15) is 0 Å². The summed E-state index contributed by atoms with van der Waals surface area (Å²) in [6.07, 6.45) is 0. The fourth-order valence-electron chi connectivity index (χ4n) is 3.64. The molecule has 0 aliphatic carbocycles. The number of ether oxygens (including phenoxy) is 1. The van der Waals surface area contributed by atoms with Crippen molar-refractivity contribution in [3.8, 4) is 11.5 Å². The van der Waals surface area contributed by atoms with Gasteiger partial charge in [0, 0.05) is 17.0 Å². The van der Waals surface area contributed by atoms with Gasteiger partial charge in [-0.25, -0.2) is 0 Å². The lowest BCUT2D eigenvalue weighted by molar-refractivity contribution is -0.384. The molecule has 4 rings (SSSR count). The number of azo groups is 1. The van der Waals surface area contributed by atoms with E-state index in [0.29, 0.717) is 28.8 Å². The number of fused-ring (bicyclic) bond motifs is 1. The van der Waals surface area contributed by atoms with Crippen molar-refractivity contribution in [1.82, 2.24) is 0 Å². The van der Waals surface area contributed by atoms with Crippen LogP contribution in [0.25, 0.3) is 10.8 Å². The molecule has 11 nitrogen and oxygen atoms in total. The lowest BCUT2D eigenvalue weighted by Gasteiger charge is -2.13. The monoisotopic (exact) mass is 499 g/mol. The highest BCUT2D eigenvalue weighted by atomic mass is 16.6. The third kappa shape index (κ3) is 5.20. The number of nitro benzene ring substituents is 1. The third-order valence-corrected chi connectivity index (χ3v) is 5.39. The molecular weight excluding hydrogens is 478 g/mol. The summed E-state index contributed by atoms with van der Waals surface area (Å²) in [5, 5.41) is 34.4. The van der Waals surface area contributed by atoms with Crippen molar-refractivity contribution in [2.24, 2.45) is 16.0 Å².